The molecule has 0 heterocycles. The van der Waals surface area contributed by atoms with Crippen LogP contribution in [0.1, 0.15) is 84.6 Å². The smallest absolute Gasteiger partial charge is 0.203 e. The second-order valence-corrected chi connectivity index (χ2v) is 6.53. The fourth-order valence-corrected chi connectivity index (χ4v) is 2.77. The number of aryl methyl sites for hydroxylation is 1. The summed E-state index contributed by atoms with van der Waals surface area (Å²) >= 11 is 0. The number of hydrogen-bond acceptors (Lipinski definition) is 3. The van der Waals surface area contributed by atoms with E-state index in [-0.39, 0.29) is 0 Å². The molecule has 144 valence electrons. The van der Waals surface area contributed by atoms with Gasteiger partial charge in [-0.1, -0.05) is 58.9 Å². The van der Waals surface area contributed by atoms with Gasteiger partial charge in [-0.15, -0.1) is 0 Å². The Morgan fingerprint density at radius 2 is 1.24 bits per heavy atom. The van der Waals surface area contributed by atoms with Gasteiger partial charge in [0.15, 0.2) is 11.5 Å². The average Bonchev–Trinajstić information content (AvgIpc) is 2.63. The van der Waals surface area contributed by atoms with E-state index in [1.165, 1.54) is 37.7 Å². The maximum Gasteiger partial charge on any atom is 0.203 e. The molecular formula is C22H38O3. The van der Waals surface area contributed by atoms with Crippen LogP contribution in [-0.2, 0) is 6.42 Å². The molecule has 0 aliphatic rings. The monoisotopic (exact) mass is 350 g/mol. The Bertz CT molecular complexity index is 457. The quantitative estimate of drug-likeness (QED) is 0.335. The SMILES string of the molecule is CCCCCOc1c(CCCC)ccc(OCC)c1OCCCCC. The van der Waals surface area contributed by atoms with Gasteiger partial charge in [-0.05, 0) is 44.2 Å². The van der Waals surface area contributed by atoms with Crippen LogP contribution in [0.5, 0.6) is 17.2 Å². The van der Waals surface area contributed by atoms with Gasteiger partial charge >= 0.3 is 0 Å². The van der Waals surface area contributed by atoms with Crippen LogP contribution in [0.2, 0.25) is 0 Å². The molecule has 0 spiro atoms. The first-order chi connectivity index (χ1) is 12.3. The van der Waals surface area contributed by atoms with Gasteiger partial charge in [-0.25, -0.2) is 0 Å². The van der Waals surface area contributed by atoms with Crippen LogP contribution in [0.4, 0.5) is 0 Å². The molecule has 0 unspecified atom stereocenters. The topological polar surface area (TPSA) is 27.7 Å². The van der Waals surface area contributed by atoms with Gasteiger partial charge in [-0.2, -0.15) is 0 Å². The van der Waals surface area contributed by atoms with Crippen LogP contribution in [0.25, 0.3) is 0 Å². The summed E-state index contributed by atoms with van der Waals surface area (Å²) in [4.78, 5) is 0. The minimum atomic E-state index is 0.634. The Morgan fingerprint density at radius 1 is 0.640 bits per heavy atom. The summed E-state index contributed by atoms with van der Waals surface area (Å²) in [5.74, 6) is 2.53. The maximum atomic E-state index is 6.21. The minimum Gasteiger partial charge on any atom is -0.490 e. The van der Waals surface area contributed by atoms with Crippen LogP contribution in [0.15, 0.2) is 12.1 Å². The van der Waals surface area contributed by atoms with Gasteiger partial charge in [0.05, 0.1) is 19.8 Å². The zero-order valence-corrected chi connectivity index (χ0v) is 16.9. The van der Waals surface area contributed by atoms with Crippen LogP contribution < -0.4 is 14.2 Å². The lowest BCUT2D eigenvalue weighted by molar-refractivity contribution is 0.239. The first-order valence-corrected chi connectivity index (χ1v) is 10.3. The summed E-state index contributed by atoms with van der Waals surface area (Å²) in [5, 5.41) is 0. The number of hydrogen-bond donors (Lipinski definition) is 0. The lowest BCUT2D eigenvalue weighted by Gasteiger charge is -2.19. The van der Waals surface area contributed by atoms with E-state index >= 15 is 0 Å². The minimum absolute atomic E-state index is 0.634. The highest BCUT2D eigenvalue weighted by molar-refractivity contribution is 5.56. The van der Waals surface area contributed by atoms with E-state index in [9.17, 15) is 0 Å². The predicted molar refractivity (Wildman–Crippen MR) is 106 cm³/mol. The van der Waals surface area contributed by atoms with Crippen LogP contribution in [-0.4, -0.2) is 19.8 Å². The molecule has 0 saturated carbocycles. The third-order valence-corrected chi connectivity index (χ3v) is 4.25. The number of ether oxygens (including phenoxy) is 3. The summed E-state index contributed by atoms with van der Waals surface area (Å²) in [6, 6.07) is 4.19. The molecule has 0 saturated heterocycles. The van der Waals surface area contributed by atoms with Gasteiger partial charge in [0, 0.05) is 0 Å². The standard InChI is InChI=1S/C22H38O3/c1-5-9-12-17-24-21-19(14-11-7-3)15-16-20(23-8-4)22(21)25-18-13-10-6-2/h15-16H,5-14,17-18H2,1-4H3. The van der Waals surface area contributed by atoms with E-state index < -0.39 is 0 Å². The Morgan fingerprint density at radius 3 is 1.80 bits per heavy atom. The molecule has 0 fully saturated rings. The molecule has 25 heavy (non-hydrogen) atoms. The lowest BCUT2D eigenvalue weighted by atomic mass is 10.1. The largest absolute Gasteiger partial charge is 0.490 e. The van der Waals surface area contributed by atoms with Gasteiger partial charge in [-0.3, -0.25) is 0 Å². The first-order valence-electron chi connectivity index (χ1n) is 10.3. The van der Waals surface area contributed by atoms with Crippen molar-refractivity contribution < 1.29 is 14.2 Å². The van der Waals surface area contributed by atoms with Crippen molar-refractivity contribution in [2.24, 2.45) is 0 Å². The molecule has 0 N–H and O–H groups in total. The normalized spacial score (nSPS) is 10.7. The zero-order valence-electron chi connectivity index (χ0n) is 16.9. The fraction of sp³-hybridized carbons (Fsp3) is 0.727. The summed E-state index contributed by atoms with van der Waals surface area (Å²) in [7, 11) is 0. The Kier molecular flexibility index (Phi) is 12.0. The van der Waals surface area contributed by atoms with E-state index in [1.54, 1.807) is 0 Å². The first kappa shape index (κ1) is 21.7. The molecule has 0 bridgehead atoms. The van der Waals surface area contributed by atoms with Crippen molar-refractivity contribution in [1.82, 2.24) is 0 Å². The molecule has 0 aliphatic heterocycles. The van der Waals surface area contributed by atoms with E-state index in [2.05, 4.69) is 26.8 Å². The fourth-order valence-electron chi connectivity index (χ4n) is 2.77. The number of rotatable bonds is 15. The molecule has 1 aromatic carbocycles. The Hall–Kier alpha value is -1.38. The molecule has 1 rings (SSSR count). The van der Waals surface area contributed by atoms with Crippen molar-refractivity contribution in [3.05, 3.63) is 17.7 Å². The van der Waals surface area contributed by atoms with Crippen molar-refractivity contribution in [2.45, 2.75) is 85.5 Å². The molecule has 3 heteroatoms. The molecule has 0 aromatic heterocycles. The van der Waals surface area contributed by atoms with Gasteiger partial charge in [0.1, 0.15) is 0 Å². The molecular weight excluding hydrogens is 312 g/mol. The molecule has 3 nitrogen and oxygen atoms in total. The Labute approximate surface area is 155 Å². The molecule has 0 atom stereocenters. The second kappa shape index (κ2) is 13.9. The summed E-state index contributed by atoms with van der Waals surface area (Å²) in [6.07, 6.45) is 10.3. The Balaban J connectivity index is 2.98. The van der Waals surface area contributed by atoms with Gasteiger partial charge in [0.25, 0.3) is 0 Å². The van der Waals surface area contributed by atoms with E-state index in [0.29, 0.717) is 6.61 Å². The summed E-state index contributed by atoms with van der Waals surface area (Å²) < 4.78 is 18.2. The maximum absolute atomic E-state index is 6.21. The highest BCUT2D eigenvalue weighted by atomic mass is 16.5. The lowest BCUT2D eigenvalue weighted by Crippen LogP contribution is -2.07. The van der Waals surface area contributed by atoms with Crippen molar-refractivity contribution in [3.63, 3.8) is 0 Å². The van der Waals surface area contributed by atoms with Crippen molar-refractivity contribution >= 4 is 0 Å². The van der Waals surface area contributed by atoms with Crippen LogP contribution in [0, 0.1) is 0 Å². The molecule has 0 aliphatic carbocycles. The molecule has 0 amide bonds. The number of unbranched alkanes of at least 4 members (excludes halogenated alkanes) is 5. The number of benzene rings is 1. The van der Waals surface area contributed by atoms with Gasteiger partial charge < -0.3 is 14.2 Å². The second-order valence-electron chi connectivity index (χ2n) is 6.53. The third-order valence-electron chi connectivity index (χ3n) is 4.25. The zero-order chi connectivity index (χ0) is 18.3. The predicted octanol–water partition coefficient (Wildman–Crippen LogP) is 6.57. The molecule has 1 aromatic rings. The van der Waals surface area contributed by atoms with E-state index in [4.69, 9.17) is 14.2 Å². The van der Waals surface area contributed by atoms with Crippen molar-refractivity contribution in [1.29, 1.82) is 0 Å². The van der Waals surface area contributed by atoms with Crippen LogP contribution in [0.3, 0.4) is 0 Å². The van der Waals surface area contributed by atoms with E-state index in [1.807, 2.05) is 13.0 Å². The highest BCUT2D eigenvalue weighted by Gasteiger charge is 2.17. The van der Waals surface area contributed by atoms with Crippen LogP contribution >= 0.6 is 0 Å². The summed E-state index contributed by atoms with van der Waals surface area (Å²) in [6.45, 7) is 10.7. The van der Waals surface area contributed by atoms with Crippen molar-refractivity contribution in [2.75, 3.05) is 19.8 Å². The van der Waals surface area contributed by atoms with E-state index in [0.717, 1.165) is 56.1 Å². The molecule has 0 radical (unpaired) electrons. The third kappa shape index (κ3) is 8.02. The average molecular weight is 351 g/mol. The summed E-state index contributed by atoms with van der Waals surface area (Å²) in [5.41, 5.74) is 1.24. The van der Waals surface area contributed by atoms with Crippen molar-refractivity contribution in [3.8, 4) is 17.2 Å². The van der Waals surface area contributed by atoms with Gasteiger partial charge in [0.2, 0.25) is 5.75 Å². The highest BCUT2D eigenvalue weighted by Crippen LogP contribution is 2.41.